The molecule has 1 saturated carbocycles. The van der Waals surface area contributed by atoms with Gasteiger partial charge in [-0.05, 0) is 33.6 Å². The third-order valence-electron chi connectivity index (χ3n) is 2.59. The fourth-order valence-electron chi connectivity index (χ4n) is 1.75. The molecule has 0 bridgehead atoms. The van der Waals surface area contributed by atoms with E-state index in [4.69, 9.17) is 4.74 Å². The van der Waals surface area contributed by atoms with Crippen molar-refractivity contribution in [3.8, 4) is 0 Å². The number of ether oxygens (including phenoxy) is 1. The summed E-state index contributed by atoms with van der Waals surface area (Å²) in [4.78, 5) is 11.6. The predicted octanol–water partition coefficient (Wildman–Crippen LogP) is 3.58. The van der Waals surface area contributed by atoms with E-state index in [-0.39, 0.29) is 11.7 Å². The van der Waals surface area contributed by atoms with Crippen molar-refractivity contribution in [1.82, 2.24) is 9.78 Å². The van der Waals surface area contributed by atoms with E-state index in [1.165, 1.54) is 0 Å². The summed E-state index contributed by atoms with van der Waals surface area (Å²) >= 11 is 0. The van der Waals surface area contributed by atoms with Gasteiger partial charge in [0, 0.05) is 0 Å². The van der Waals surface area contributed by atoms with Crippen molar-refractivity contribution in [1.29, 1.82) is 0 Å². The Kier molecular flexibility index (Phi) is 3.43. The first-order chi connectivity index (χ1) is 9.08. The summed E-state index contributed by atoms with van der Waals surface area (Å²) < 4.78 is 45.1. The lowest BCUT2D eigenvalue weighted by Crippen LogP contribution is -2.28. The fraction of sp³-hybridized carbons (Fsp3) is 0.667. The number of halogens is 3. The Hall–Kier alpha value is -1.73. The molecule has 0 unspecified atom stereocenters. The Morgan fingerprint density at radius 3 is 2.45 bits per heavy atom. The maximum absolute atomic E-state index is 13.1. The maximum atomic E-state index is 13.1. The minimum atomic E-state index is -4.58. The molecule has 1 heterocycles. The molecule has 1 N–H and O–H groups in total. The van der Waals surface area contributed by atoms with Gasteiger partial charge in [0.2, 0.25) is 0 Å². The molecule has 1 aromatic heterocycles. The number of hydrogen-bond donors (Lipinski definition) is 1. The monoisotopic (exact) mass is 291 g/mol. The van der Waals surface area contributed by atoms with E-state index in [9.17, 15) is 18.0 Å². The topological polar surface area (TPSA) is 56.1 Å². The summed E-state index contributed by atoms with van der Waals surface area (Å²) in [5.74, 6) is 0. The molecular weight excluding hydrogens is 275 g/mol. The molecule has 5 nitrogen and oxygen atoms in total. The van der Waals surface area contributed by atoms with Crippen molar-refractivity contribution < 1.29 is 22.7 Å². The molecule has 1 aromatic rings. The number of rotatable bonds is 2. The van der Waals surface area contributed by atoms with E-state index in [0.29, 0.717) is 12.8 Å². The van der Waals surface area contributed by atoms with Crippen molar-refractivity contribution in [2.45, 2.75) is 51.4 Å². The van der Waals surface area contributed by atoms with Gasteiger partial charge in [0.05, 0.1) is 17.9 Å². The molecule has 1 aliphatic carbocycles. The maximum Gasteiger partial charge on any atom is 0.435 e. The van der Waals surface area contributed by atoms with Gasteiger partial charge in [-0.2, -0.15) is 18.3 Å². The lowest BCUT2D eigenvalue weighted by Gasteiger charge is -2.20. The normalized spacial score (nSPS) is 16.1. The van der Waals surface area contributed by atoms with E-state index >= 15 is 0 Å². The summed E-state index contributed by atoms with van der Waals surface area (Å²) in [5.41, 5.74) is -2.10. The van der Waals surface area contributed by atoms with Gasteiger partial charge in [-0.15, -0.1) is 0 Å². The average molecular weight is 291 g/mol. The van der Waals surface area contributed by atoms with Gasteiger partial charge in [0.25, 0.3) is 0 Å². The quantitative estimate of drug-likeness (QED) is 0.906. The molecule has 0 aromatic carbocycles. The summed E-state index contributed by atoms with van der Waals surface area (Å²) in [5, 5.41) is 5.83. The van der Waals surface area contributed by atoms with Crippen LogP contribution in [0.3, 0.4) is 0 Å². The number of nitrogens with zero attached hydrogens (tertiary/aromatic N) is 2. The molecule has 1 aliphatic rings. The third-order valence-corrected chi connectivity index (χ3v) is 2.59. The number of nitrogens with one attached hydrogen (secondary N) is 1. The second kappa shape index (κ2) is 4.68. The van der Waals surface area contributed by atoms with Crippen LogP contribution in [0.2, 0.25) is 0 Å². The molecule has 0 atom stereocenters. The second-order valence-electron chi connectivity index (χ2n) is 5.71. The lowest BCUT2D eigenvalue weighted by molar-refractivity contribution is -0.143. The van der Waals surface area contributed by atoms with E-state index in [1.54, 1.807) is 20.8 Å². The van der Waals surface area contributed by atoms with Crippen LogP contribution >= 0.6 is 0 Å². The third kappa shape index (κ3) is 3.43. The van der Waals surface area contributed by atoms with Gasteiger partial charge in [0.15, 0.2) is 5.69 Å². The van der Waals surface area contributed by atoms with Crippen molar-refractivity contribution in [3.05, 3.63) is 11.9 Å². The van der Waals surface area contributed by atoms with Crippen LogP contribution in [0.5, 0.6) is 0 Å². The molecule has 8 heteroatoms. The number of hydrogen-bond acceptors (Lipinski definition) is 3. The Morgan fingerprint density at radius 2 is 2.00 bits per heavy atom. The second-order valence-corrected chi connectivity index (χ2v) is 5.71. The van der Waals surface area contributed by atoms with Crippen molar-refractivity contribution in [2.75, 3.05) is 5.32 Å². The van der Waals surface area contributed by atoms with Gasteiger partial charge >= 0.3 is 12.3 Å². The van der Waals surface area contributed by atoms with Crippen LogP contribution < -0.4 is 5.32 Å². The average Bonchev–Trinajstić information content (AvgIpc) is 2.96. The van der Waals surface area contributed by atoms with Crippen LogP contribution in [0, 0.1) is 0 Å². The number of aromatic nitrogens is 2. The van der Waals surface area contributed by atoms with Gasteiger partial charge in [-0.1, -0.05) is 0 Å². The number of carbonyl (C=O) groups is 1. The highest BCUT2D eigenvalue weighted by molar-refractivity contribution is 5.85. The fourth-order valence-corrected chi connectivity index (χ4v) is 1.75. The number of carbonyl (C=O) groups excluding carboxylic acids is 1. The summed E-state index contributed by atoms with van der Waals surface area (Å²) in [6.45, 7) is 4.89. The van der Waals surface area contributed by atoms with E-state index in [2.05, 4.69) is 10.4 Å². The van der Waals surface area contributed by atoms with Crippen LogP contribution in [0.1, 0.15) is 45.3 Å². The SMILES string of the molecule is CC(C)(C)OC(=O)Nc1cnn(C2CC2)c1C(F)(F)F. The zero-order valence-corrected chi connectivity index (χ0v) is 11.4. The molecule has 0 spiro atoms. The smallest absolute Gasteiger partial charge is 0.435 e. The van der Waals surface area contributed by atoms with E-state index < -0.39 is 23.6 Å². The van der Waals surface area contributed by atoms with Crippen molar-refractivity contribution >= 4 is 11.8 Å². The van der Waals surface area contributed by atoms with Gasteiger partial charge in [-0.25, -0.2) is 4.79 Å². The summed E-state index contributed by atoms with van der Waals surface area (Å²) in [7, 11) is 0. The first-order valence-electron chi connectivity index (χ1n) is 6.22. The van der Waals surface area contributed by atoms with Crippen LogP contribution in [0.25, 0.3) is 0 Å². The standard InChI is InChI=1S/C12H16F3N3O2/c1-11(2,3)20-10(19)17-8-6-16-18(7-4-5-7)9(8)12(13,14)15/h6-7H,4-5H2,1-3H3,(H,17,19). The number of anilines is 1. The first-order valence-corrected chi connectivity index (χ1v) is 6.22. The van der Waals surface area contributed by atoms with Crippen molar-refractivity contribution in [2.24, 2.45) is 0 Å². The molecule has 0 radical (unpaired) electrons. The molecule has 20 heavy (non-hydrogen) atoms. The zero-order chi connectivity index (χ0) is 15.1. The summed E-state index contributed by atoms with van der Waals surface area (Å²) in [6, 6.07) is -0.235. The Labute approximate surface area is 114 Å². The van der Waals surface area contributed by atoms with E-state index in [0.717, 1.165) is 10.9 Å². The molecule has 1 fully saturated rings. The summed E-state index contributed by atoms with van der Waals surface area (Å²) in [6.07, 6.45) is -3.18. The van der Waals surface area contributed by atoms with Crippen molar-refractivity contribution in [3.63, 3.8) is 0 Å². The largest absolute Gasteiger partial charge is 0.444 e. The molecule has 2 rings (SSSR count). The van der Waals surface area contributed by atoms with Gasteiger partial charge < -0.3 is 4.74 Å². The zero-order valence-electron chi connectivity index (χ0n) is 11.4. The Bertz CT molecular complexity index is 513. The Balaban J connectivity index is 2.22. The lowest BCUT2D eigenvalue weighted by atomic mass is 10.2. The van der Waals surface area contributed by atoms with Gasteiger partial charge in [0.1, 0.15) is 5.60 Å². The van der Waals surface area contributed by atoms with E-state index in [1.807, 2.05) is 0 Å². The highest BCUT2D eigenvalue weighted by Gasteiger charge is 2.42. The molecule has 0 aliphatic heterocycles. The predicted molar refractivity (Wildman–Crippen MR) is 65.4 cm³/mol. The van der Waals surface area contributed by atoms with Crippen LogP contribution in [0.4, 0.5) is 23.7 Å². The number of amides is 1. The van der Waals surface area contributed by atoms with Crippen LogP contribution in [0.15, 0.2) is 6.20 Å². The van der Waals surface area contributed by atoms with Crippen LogP contribution in [-0.4, -0.2) is 21.5 Å². The minimum absolute atomic E-state index is 0.235. The Morgan fingerprint density at radius 1 is 1.40 bits per heavy atom. The van der Waals surface area contributed by atoms with Gasteiger partial charge in [-0.3, -0.25) is 10.00 Å². The molecule has 1 amide bonds. The van der Waals surface area contributed by atoms with Crippen LogP contribution in [-0.2, 0) is 10.9 Å². The number of alkyl halides is 3. The first kappa shape index (κ1) is 14.7. The molecular formula is C12H16F3N3O2. The minimum Gasteiger partial charge on any atom is -0.444 e. The highest BCUT2D eigenvalue weighted by Crippen LogP contribution is 2.42. The highest BCUT2D eigenvalue weighted by atomic mass is 19.4. The molecule has 112 valence electrons. The molecule has 0 saturated heterocycles.